The molecule has 2 unspecified atom stereocenters. The lowest BCUT2D eigenvalue weighted by Gasteiger charge is -2.27. The van der Waals surface area contributed by atoms with Crippen molar-refractivity contribution >= 4 is 18.5 Å². The molecular weight excluding hydrogens is 299 g/mol. The van der Waals surface area contributed by atoms with Gasteiger partial charge >= 0.3 is 0 Å². The Kier molecular flexibility index (Phi) is 5.31. The lowest BCUT2D eigenvalue weighted by molar-refractivity contribution is 0.418. The van der Waals surface area contributed by atoms with Crippen LogP contribution in [0.25, 0.3) is 0 Å². The van der Waals surface area contributed by atoms with Gasteiger partial charge in [0, 0.05) is 5.30 Å². The zero-order valence-corrected chi connectivity index (χ0v) is 14.7. The Labute approximate surface area is 140 Å². The van der Waals surface area contributed by atoms with E-state index in [0.717, 1.165) is 12.2 Å². The molecule has 0 aliphatic heterocycles. The van der Waals surface area contributed by atoms with E-state index in [1.165, 1.54) is 22.3 Å². The van der Waals surface area contributed by atoms with Gasteiger partial charge in [0.2, 0.25) is 0 Å². The van der Waals surface area contributed by atoms with E-state index in [9.17, 15) is 0 Å². The molecule has 2 heteroatoms. The van der Waals surface area contributed by atoms with E-state index in [2.05, 4.69) is 73.7 Å². The van der Waals surface area contributed by atoms with Crippen LogP contribution in [0, 0.1) is 5.92 Å². The maximum Gasteiger partial charge on any atom is 0.127 e. The number of ether oxygens (including phenoxy) is 1. The molecule has 2 aromatic carbocycles. The lowest BCUT2D eigenvalue weighted by atomic mass is 10.1. The standard InChI is InChI=1S/C21H23OP/c1-17-11-5-3-8-15-20(17)23(18-12-6-4-7-13-18)21-16-10-9-14-19(21)22-2/h3-4,6-10,12-17H,5,11H2,1-2H3. The normalized spacial score (nSPS) is 18.9. The van der Waals surface area contributed by atoms with Crippen LogP contribution in [0.1, 0.15) is 19.8 Å². The third-order valence-electron chi connectivity index (χ3n) is 4.27. The first kappa shape index (κ1) is 16.0. The summed E-state index contributed by atoms with van der Waals surface area (Å²) in [7, 11) is 1.20. The van der Waals surface area contributed by atoms with Gasteiger partial charge in [-0.15, -0.1) is 0 Å². The highest BCUT2D eigenvalue weighted by molar-refractivity contribution is 7.77. The maximum atomic E-state index is 5.68. The highest BCUT2D eigenvalue weighted by Crippen LogP contribution is 2.50. The molecule has 0 fully saturated rings. The number of hydrogen-bond donors (Lipinski definition) is 0. The van der Waals surface area contributed by atoms with Crippen LogP contribution in [-0.4, -0.2) is 7.11 Å². The lowest BCUT2D eigenvalue weighted by Crippen LogP contribution is -2.17. The van der Waals surface area contributed by atoms with Crippen molar-refractivity contribution in [3.05, 3.63) is 78.1 Å². The number of methoxy groups -OCH3 is 1. The number of hydrogen-bond acceptors (Lipinski definition) is 1. The van der Waals surface area contributed by atoms with E-state index in [1.54, 1.807) is 7.11 Å². The predicted molar refractivity (Wildman–Crippen MR) is 101 cm³/mol. The number of para-hydroxylation sites is 1. The zero-order chi connectivity index (χ0) is 16.1. The Hall–Kier alpha value is -1.85. The summed E-state index contributed by atoms with van der Waals surface area (Å²) >= 11 is 0. The smallest absolute Gasteiger partial charge is 0.127 e. The topological polar surface area (TPSA) is 9.23 Å². The van der Waals surface area contributed by atoms with Gasteiger partial charge in [-0.25, -0.2) is 0 Å². The summed E-state index contributed by atoms with van der Waals surface area (Å²) in [6, 6.07) is 19.3. The molecule has 0 spiro atoms. The highest BCUT2D eigenvalue weighted by Gasteiger charge is 2.25. The maximum absolute atomic E-state index is 5.68. The van der Waals surface area contributed by atoms with Crippen LogP contribution in [0.5, 0.6) is 5.75 Å². The third kappa shape index (κ3) is 3.57. The van der Waals surface area contributed by atoms with E-state index in [-0.39, 0.29) is 0 Å². The van der Waals surface area contributed by atoms with Crippen molar-refractivity contribution in [2.45, 2.75) is 19.8 Å². The minimum absolute atomic E-state index is 0.567. The van der Waals surface area contributed by atoms with Gasteiger partial charge in [-0.3, -0.25) is 0 Å². The van der Waals surface area contributed by atoms with Crippen LogP contribution in [0.3, 0.4) is 0 Å². The number of rotatable bonds is 4. The fraction of sp³-hybridized carbons (Fsp3) is 0.238. The van der Waals surface area contributed by atoms with Gasteiger partial charge in [-0.05, 0) is 43.4 Å². The molecule has 0 amide bonds. The molecule has 0 N–H and O–H groups in total. The monoisotopic (exact) mass is 322 g/mol. The van der Waals surface area contributed by atoms with Crippen molar-refractivity contribution < 1.29 is 4.74 Å². The van der Waals surface area contributed by atoms with Crippen molar-refractivity contribution in [3.8, 4) is 5.75 Å². The molecule has 23 heavy (non-hydrogen) atoms. The molecule has 0 saturated heterocycles. The van der Waals surface area contributed by atoms with Gasteiger partial charge in [0.1, 0.15) is 5.75 Å². The molecule has 1 aliphatic carbocycles. The van der Waals surface area contributed by atoms with Crippen molar-refractivity contribution in [2.75, 3.05) is 7.11 Å². The summed E-state index contributed by atoms with van der Waals surface area (Å²) < 4.78 is 5.68. The van der Waals surface area contributed by atoms with Gasteiger partial charge in [-0.2, -0.15) is 0 Å². The second-order valence-corrected chi connectivity index (χ2v) is 8.03. The second-order valence-electron chi connectivity index (χ2n) is 5.84. The minimum Gasteiger partial charge on any atom is -0.496 e. The summed E-state index contributed by atoms with van der Waals surface area (Å²) in [5.74, 6) is 1.57. The summed E-state index contributed by atoms with van der Waals surface area (Å²) in [5.41, 5.74) is 0. The molecule has 0 saturated carbocycles. The van der Waals surface area contributed by atoms with Crippen LogP contribution >= 0.6 is 7.92 Å². The van der Waals surface area contributed by atoms with Crippen LogP contribution in [0.15, 0.2) is 78.1 Å². The largest absolute Gasteiger partial charge is 0.496 e. The van der Waals surface area contributed by atoms with E-state index < -0.39 is 7.92 Å². The molecule has 118 valence electrons. The van der Waals surface area contributed by atoms with Crippen LogP contribution in [-0.2, 0) is 0 Å². The SMILES string of the molecule is COc1ccccc1P(C1=CC=CCCC1C)c1ccccc1. The Morgan fingerprint density at radius 1 is 1.00 bits per heavy atom. The molecule has 2 aromatic rings. The second kappa shape index (κ2) is 7.62. The van der Waals surface area contributed by atoms with E-state index in [1.807, 2.05) is 6.07 Å². The minimum atomic E-state index is -0.567. The quantitative estimate of drug-likeness (QED) is 0.720. The zero-order valence-electron chi connectivity index (χ0n) is 13.8. The fourth-order valence-electron chi connectivity index (χ4n) is 3.03. The first-order valence-electron chi connectivity index (χ1n) is 8.16. The molecule has 0 bridgehead atoms. The first-order chi connectivity index (χ1) is 11.3. The molecule has 0 radical (unpaired) electrons. The Morgan fingerprint density at radius 2 is 1.74 bits per heavy atom. The van der Waals surface area contributed by atoms with Crippen molar-refractivity contribution in [1.29, 1.82) is 0 Å². The molecule has 1 nitrogen and oxygen atoms in total. The summed E-state index contributed by atoms with van der Waals surface area (Å²) in [4.78, 5) is 0. The van der Waals surface area contributed by atoms with Gasteiger partial charge in [-0.1, -0.05) is 73.7 Å². The van der Waals surface area contributed by atoms with Crippen LogP contribution in [0.2, 0.25) is 0 Å². The Balaban J connectivity index is 2.15. The van der Waals surface area contributed by atoms with Crippen LogP contribution < -0.4 is 15.3 Å². The molecule has 2 atom stereocenters. The van der Waals surface area contributed by atoms with Gasteiger partial charge in [0.25, 0.3) is 0 Å². The van der Waals surface area contributed by atoms with E-state index >= 15 is 0 Å². The summed E-state index contributed by atoms with van der Waals surface area (Å²) in [6.07, 6.45) is 9.22. The molecule has 1 aliphatic rings. The average molecular weight is 322 g/mol. The summed E-state index contributed by atoms with van der Waals surface area (Å²) in [6.45, 7) is 2.35. The van der Waals surface area contributed by atoms with E-state index in [4.69, 9.17) is 4.74 Å². The van der Waals surface area contributed by atoms with Crippen LogP contribution in [0.4, 0.5) is 0 Å². The predicted octanol–water partition coefficient (Wildman–Crippen LogP) is 5.00. The van der Waals surface area contributed by atoms with Crippen molar-refractivity contribution in [1.82, 2.24) is 0 Å². The Bertz CT molecular complexity index is 703. The fourth-order valence-corrected chi connectivity index (χ4v) is 5.79. The van der Waals surface area contributed by atoms with Crippen molar-refractivity contribution in [3.63, 3.8) is 0 Å². The molecule has 3 rings (SSSR count). The first-order valence-corrected chi connectivity index (χ1v) is 9.50. The number of benzene rings is 2. The van der Waals surface area contributed by atoms with Gasteiger partial charge in [0.05, 0.1) is 7.11 Å². The van der Waals surface area contributed by atoms with Crippen molar-refractivity contribution in [2.24, 2.45) is 5.92 Å². The highest BCUT2D eigenvalue weighted by atomic mass is 31.1. The van der Waals surface area contributed by atoms with Gasteiger partial charge in [0.15, 0.2) is 0 Å². The summed E-state index contributed by atoms with van der Waals surface area (Å²) in [5, 5.41) is 4.23. The number of allylic oxidation sites excluding steroid dienone is 4. The molecule has 0 aromatic heterocycles. The molecular formula is C21H23OP. The molecule has 0 heterocycles. The van der Waals surface area contributed by atoms with Gasteiger partial charge < -0.3 is 4.74 Å². The van der Waals surface area contributed by atoms with E-state index in [0.29, 0.717) is 5.92 Å². The Morgan fingerprint density at radius 3 is 2.52 bits per heavy atom. The average Bonchev–Trinajstić information content (AvgIpc) is 2.82. The third-order valence-corrected chi connectivity index (χ3v) is 7.05.